The summed E-state index contributed by atoms with van der Waals surface area (Å²) in [5, 5.41) is 2.58. The monoisotopic (exact) mass is 257 g/mol. The highest BCUT2D eigenvalue weighted by atomic mass is 32.2. The average Bonchev–Trinajstić information content (AvgIpc) is 2.28. The van der Waals surface area contributed by atoms with Gasteiger partial charge in [0.15, 0.2) is 0 Å². The number of hydrogen-bond donors (Lipinski definition) is 1. The second-order valence-electron chi connectivity index (χ2n) is 3.98. The first-order valence-corrected chi connectivity index (χ1v) is 6.90. The third kappa shape index (κ3) is 3.93. The Balaban J connectivity index is 2.64. The van der Waals surface area contributed by atoms with E-state index in [1.807, 2.05) is 0 Å². The van der Waals surface area contributed by atoms with Gasteiger partial charge in [-0.25, -0.2) is 4.39 Å². The molecule has 0 aromatic heterocycles. The fourth-order valence-corrected chi connectivity index (χ4v) is 1.56. The lowest BCUT2D eigenvalue weighted by Gasteiger charge is -2.10. The normalized spacial score (nSPS) is 14.1. The molecule has 3 nitrogen and oxygen atoms in total. The predicted octanol–water partition coefficient (Wildman–Crippen LogP) is 1.63. The number of carbonyl (C=O) groups excluding carboxylic acids is 1. The van der Waals surface area contributed by atoms with E-state index in [0.717, 1.165) is 0 Å². The zero-order chi connectivity index (χ0) is 13.0. The number of rotatable bonds is 4. The molecule has 94 valence electrons. The third-order valence-corrected chi connectivity index (χ3v) is 3.84. The van der Waals surface area contributed by atoms with E-state index in [2.05, 4.69) is 5.32 Å². The van der Waals surface area contributed by atoms with E-state index < -0.39 is 10.8 Å². The van der Waals surface area contributed by atoms with Crippen molar-refractivity contribution in [1.82, 2.24) is 5.32 Å². The number of hydrogen-bond acceptors (Lipinski definition) is 2. The molecule has 1 N–H and O–H groups in total. The zero-order valence-corrected chi connectivity index (χ0v) is 10.9. The molecule has 17 heavy (non-hydrogen) atoms. The fourth-order valence-electron chi connectivity index (χ4n) is 1.24. The van der Waals surface area contributed by atoms with E-state index >= 15 is 0 Å². The summed E-state index contributed by atoms with van der Waals surface area (Å²) in [6, 6.07) is 4.20. The molecule has 0 heterocycles. The Labute approximate surface area is 103 Å². The summed E-state index contributed by atoms with van der Waals surface area (Å²) in [4.78, 5) is 11.7. The Bertz CT molecular complexity index is 448. The first-order valence-electron chi connectivity index (χ1n) is 5.28. The van der Waals surface area contributed by atoms with Crippen molar-refractivity contribution in [3.05, 3.63) is 35.1 Å². The predicted molar refractivity (Wildman–Crippen MR) is 67.0 cm³/mol. The van der Waals surface area contributed by atoms with Crippen molar-refractivity contribution in [3.8, 4) is 0 Å². The van der Waals surface area contributed by atoms with Crippen molar-refractivity contribution < 1.29 is 13.4 Å². The number of carbonyl (C=O) groups is 1. The van der Waals surface area contributed by atoms with Gasteiger partial charge in [-0.05, 0) is 37.6 Å². The molecular weight excluding hydrogens is 241 g/mol. The molecule has 0 aliphatic carbocycles. The fraction of sp³-hybridized carbons (Fsp3) is 0.417. The molecule has 0 aliphatic heterocycles. The van der Waals surface area contributed by atoms with E-state index in [4.69, 9.17) is 0 Å². The molecule has 1 aromatic rings. The van der Waals surface area contributed by atoms with Gasteiger partial charge >= 0.3 is 0 Å². The SMILES string of the molecule is Cc1cc(C(=O)NCC(C)S(C)=O)ccc1F. The largest absolute Gasteiger partial charge is 0.351 e. The minimum atomic E-state index is -0.966. The van der Waals surface area contributed by atoms with Gasteiger partial charge in [0.2, 0.25) is 0 Å². The Morgan fingerprint density at radius 3 is 2.71 bits per heavy atom. The van der Waals surface area contributed by atoms with Crippen molar-refractivity contribution >= 4 is 16.7 Å². The summed E-state index contributed by atoms with van der Waals surface area (Å²) >= 11 is 0. The van der Waals surface area contributed by atoms with Crippen LogP contribution in [-0.2, 0) is 10.8 Å². The number of nitrogens with one attached hydrogen (secondary N) is 1. The summed E-state index contributed by atoms with van der Waals surface area (Å²) in [7, 11) is -0.966. The Kier molecular flexibility index (Phi) is 4.81. The van der Waals surface area contributed by atoms with Gasteiger partial charge in [0, 0.05) is 34.4 Å². The summed E-state index contributed by atoms with van der Waals surface area (Å²) in [5.74, 6) is -0.602. The van der Waals surface area contributed by atoms with Gasteiger partial charge in [0.1, 0.15) is 5.82 Å². The van der Waals surface area contributed by atoms with Crippen LogP contribution < -0.4 is 5.32 Å². The Morgan fingerprint density at radius 2 is 2.18 bits per heavy atom. The highest BCUT2D eigenvalue weighted by molar-refractivity contribution is 7.84. The van der Waals surface area contributed by atoms with Crippen LogP contribution in [0.25, 0.3) is 0 Å². The van der Waals surface area contributed by atoms with Crippen LogP contribution in [0.3, 0.4) is 0 Å². The van der Waals surface area contributed by atoms with Crippen molar-refractivity contribution in [2.75, 3.05) is 12.8 Å². The zero-order valence-electron chi connectivity index (χ0n) is 10.1. The first-order chi connectivity index (χ1) is 7.91. The molecule has 1 aromatic carbocycles. The molecule has 0 radical (unpaired) electrons. The maximum atomic E-state index is 13.0. The molecule has 0 saturated carbocycles. The van der Waals surface area contributed by atoms with E-state index in [1.54, 1.807) is 20.1 Å². The Morgan fingerprint density at radius 1 is 1.53 bits per heavy atom. The summed E-state index contributed by atoms with van der Waals surface area (Å²) in [6.45, 7) is 3.75. The molecule has 0 bridgehead atoms. The van der Waals surface area contributed by atoms with Crippen molar-refractivity contribution in [3.63, 3.8) is 0 Å². The minimum absolute atomic E-state index is 0.0968. The third-order valence-electron chi connectivity index (χ3n) is 2.54. The van der Waals surface area contributed by atoms with Gasteiger partial charge in [-0.1, -0.05) is 0 Å². The lowest BCUT2D eigenvalue weighted by Crippen LogP contribution is -2.32. The molecular formula is C12H16FNO2S. The maximum Gasteiger partial charge on any atom is 0.251 e. The van der Waals surface area contributed by atoms with Crippen LogP contribution in [0, 0.1) is 12.7 Å². The first kappa shape index (κ1) is 13.8. The van der Waals surface area contributed by atoms with Crippen LogP contribution in [0.4, 0.5) is 4.39 Å². The lowest BCUT2D eigenvalue weighted by molar-refractivity contribution is 0.0954. The van der Waals surface area contributed by atoms with E-state index in [9.17, 15) is 13.4 Å². The molecule has 1 rings (SSSR count). The van der Waals surface area contributed by atoms with E-state index in [0.29, 0.717) is 17.7 Å². The number of benzene rings is 1. The molecule has 0 spiro atoms. The Hall–Kier alpha value is -1.23. The molecule has 2 unspecified atom stereocenters. The van der Waals surface area contributed by atoms with Gasteiger partial charge in [-0.15, -0.1) is 0 Å². The van der Waals surface area contributed by atoms with Gasteiger partial charge in [-0.3, -0.25) is 9.00 Å². The lowest BCUT2D eigenvalue weighted by atomic mass is 10.1. The van der Waals surface area contributed by atoms with Gasteiger partial charge in [0.25, 0.3) is 5.91 Å². The van der Waals surface area contributed by atoms with E-state index in [-0.39, 0.29) is 17.0 Å². The van der Waals surface area contributed by atoms with Crippen LogP contribution in [0.15, 0.2) is 18.2 Å². The standard InChI is InChI=1S/C12H16FNO2S/c1-8-6-10(4-5-11(8)13)12(15)14-7-9(2)17(3)16/h4-6,9H,7H2,1-3H3,(H,14,15). The topological polar surface area (TPSA) is 46.2 Å². The van der Waals surface area contributed by atoms with Crippen LogP contribution in [0.5, 0.6) is 0 Å². The molecule has 0 saturated heterocycles. The number of aryl methyl sites for hydroxylation is 1. The molecule has 0 aliphatic rings. The van der Waals surface area contributed by atoms with Gasteiger partial charge < -0.3 is 5.32 Å². The number of halogens is 1. The quantitative estimate of drug-likeness (QED) is 0.891. The maximum absolute atomic E-state index is 13.0. The van der Waals surface area contributed by atoms with Crippen molar-refractivity contribution in [2.24, 2.45) is 0 Å². The second-order valence-corrected chi connectivity index (χ2v) is 5.79. The highest BCUT2D eigenvalue weighted by Crippen LogP contribution is 2.09. The van der Waals surface area contributed by atoms with E-state index in [1.165, 1.54) is 18.2 Å². The average molecular weight is 257 g/mol. The van der Waals surface area contributed by atoms with Gasteiger partial charge in [-0.2, -0.15) is 0 Å². The molecule has 5 heteroatoms. The minimum Gasteiger partial charge on any atom is -0.351 e. The van der Waals surface area contributed by atoms with Crippen LogP contribution in [0.2, 0.25) is 0 Å². The van der Waals surface area contributed by atoms with Crippen LogP contribution >= 0.6 is 0 Å². The molecule has 0 fully saturated rings. The van der Waals surface area contributed by atoms with Crippen molar-refractivity contribution in [1.29, 1.82) is 0 Å². The van der Waals surface area contributed by atoms with Crippen LogP contribution in [-0.4, -0.2) is 28.2 Å². The van der Waals surface area contributed by atoms with Gasteiger partial charge in [0.05, 0.1) is 0 Å². The smallest absolute Gasteiger partial charge is 0.251 e. The highest BCUT2D eigenvalue weighted by Gasteiger charge is 2.11. The summed E-state index contributed by atoms with van der Waals surface area (Å²) in [5.41, 5.74) is 0.850. The molecule has 2 atom stereocenters. The summed E-state index contributed by atoms with van der Waals surface area (Å²) < 4.78 is 24.1. The van der Waals surface area contributed by atoms with Crippen molar-refractivity contribution in [2.45, 2.75) is 19.1 Å². The molecule has 1 amide bonds. The summed E-state index contributed by atoms with van der Waals surface area (Å²) in [6.07, 6.45) is 1.60. The number of amides is 1. The van der Waals surface area contributed by atoms with Crippen LogP contribution in [0.1, 0.15) is 22.8 Å². The second kappa shape index (κ2) is 5.91.